The second-order valence-electron chi connectivity index (χ2n) is 4.64. The van der Waals surface area contributed by atoms with E-state index in [1.807, 2.05) is 23.7 Å². The minimum absolute atomic E-state index is 0.0608. The van der Waals surface area contributed by atoms with Gasteiger partial charge in [0.05, 0.1) is 17.6 Å². The molecule has 3 aromatic rings. The summed E-state index contributed by atoms with van der Waals surface area (Å²) in [5.41, 5.74) is 1.70. The summed E-state index contributed by atoms with van der Waals surface area (Å²) in [5, 5.41) is 12.5. The highest BCUT2D eigenvalue weighted by molar-refractivity contribution is 6.31. The Balaban J connectivity index is 1.83. The van der Waals surface area contributed by atoms with Gasteiger partial charge in [0, 0.05) is 18.3 Å². The molecule has 3 rings (SSSR count). The summed E-state index contributed by atoms with van der Waals surface area (Å²) in [6, 6.07) is 6.84. The van der Waals surface area contributed by atoms with Crippen LogP contribution in [0.1, 0.15) is 16.3 Å². The zero-order valence-electron chi connectivity index (χ0n) is 11.6. The van der Waals surface area contributed by atoms with Gasteiger partial charge in [0.25, 0.3) is 0 Å². The zero-order chi connectivity index (χ0) is 15.7. The molecule has 2 aromatic heterocycles. The normalized spacial score (nSPS) is 10.8. The number of imidazole rings is 1. The summed E-state index contributed by atoms with van der Waals surface area (Å²) in [6.07, 6.45) is 1.40. The standard InChI is InChI=1S/C14H12ClN5O2/c1-20-11-3-2-8(15)6-10(11)18-12(20)7-17-14-16-5-4-9(19-14)13(21)22/h2-6H,7H2,1H3,(H,21,22)(H,16,17,19). The molecular formula is C14H12ClN5O2. The molecule has 0 radical (unpaired) electrons. The van der Waals surface area contributed by atoms with E-state index < -0.39 is 5.97 Å². The average Bonchev–Trinajstić information content (AvgIpc) is 2.81. The Bertz CT molecular complexity index is 862. The minimum atomic E-state index is -1.09. The van der Waals surface area contributed by atoms with Crippen molar-refractivity contribution in [2.75, 3.05) is 5.32 Å². The van der Waals surface area contributed by atoms with E-state index in [0.717, 1.165) is 16.9 Å². The summed E-state index contributed by atoms with van der Waals surface area (Å²) in [7, 11) is 1.90. The Kier molecular flexibility index (Phi) is 3.64. The first-order valence-electron chi connectivity index (χ1n) is 6.45. The highest BCUT2D eigenvalue weighted by atomic mass is 35.5. The van der Waals surface area contributed by atoms with E-state index in [2.05, 4.69) is 20.3 Å². The Morgan fingerprint density at radius 2 is 2.18 bits per heavy atom. The van der Waals surface area contributed by atoms with E-state index in [1.165, 1.54) is 12.3 Å². The maximum Gasteiger partial charge on any atom is 0.354 e. The predicted octanol–water partition coefficient (Wildman–Crippen LogP) is 2.33. The van der Waals surface area contributed by atoms with Crippen LogP contribution in [0.5, 0.6) is 0 Å². The first-order chi connectivity index (χ1) is 10.5. The topological polar surface area (TPSA) is 92.9 Å². The van der Waals surface area contributed by atoms with E-state index in [-0.39, 0.29) is 11.6 Å². The summed E-state index contributed by atoms with van der Waals surface area (Å²) in [5.74, 6) is -0.0885. The molecule has 1 aromatic carbocycles. The highest BCUT2D eigenvalue weighted by Crippen LogP contribution is 2.19. The van der Waals surface area contributed by atoms with E-state index in [1.54, 1.807) is 6.07 Å². The number of nitrogens with zero attached hydrogens (tertiary/aromatic N) is 4. The van der Waals surface area contributed by atoms with Gasteiger partial charge in [-0.1, -0.05) is 11.6 Å². The molecule has 0 saturated carbocycles. The number of carboxylic acid groups (broad SMARTS) is 1. The summed E-state index contributed by atoms with van der Waals surface area (Å²) >= 11 is 5.96. The lowest BCUT2D eigenvalue weighted by Gasteiger charge is -2.05. The van der Waals surface area contributed by atoms with Crippen molar-refractivity contribution in [1.29, 1.82) is 0 Å². The molecule has 0 fully saturated rings. The van der Waals surface area contributed by atoms with Gasteiger partial charge in [0.15, 0.2) is 5.69 Å². The quantitative estimate of drug-likeness (QED) is 0.767. The number of fused-ring (bicyclic) bond motifs is 1. The van der Waals surface area contributed by atoms with Crippen LogP contribution < -0.4 is 5.32 Å². The van der Waals surface area contributed by atoms with Crippen LogP contribution in [0.25, 0.3) is 11.0 Å². The molecule has 2 N–H and O–H groups in total. The van der Waals surface area contributed by atoms with Crippen molar-refractivity contribution < 1.29 is 9.90 Å². The van der Waals surface area contributed by atoms with E-state index >= 15 is 0 Å². The third-order valence-electron chi connectivity index (χ3n) is 3.21. The Labute approximate surface area is 130 Å². The number of anilines is 1. The molecule has 0 aliphatic carbocycles. The fourth-order valence-electron chi connectivity index (χ4n) is 2.10. The molecule has 0 aliphatic heterocycles. The molecule has 8 heteroatoms. The van der Waals surface area contributed by atoms with Crippen LogP contribution in [0.2, 0.25) is 5.02 Å². The Morgan fingerprint density at radius 1 is 1.36 bits per heavy atom. The SMILES string of the molecule is Cn1c(CNc2nccc(C(=O)O)n2)nc2cc(Cl)ccc21. The number of aromatic carboxylic acids is 1. The van der Waals surface area contributed by atoms with Crippen LogP contribution >= 0.6 is 11.6 Å². The number of halogens is 1. The first-order valence-corrected chi connectivity index (χ1v) is 6.83. The molecule has 0 spiro atoms. The van der Waals surface area contributed by atoms with Crippen LogP contribution in [0.4, 0.5) is 5.95 Å². The molecule has 0 saturated heterocycles. The van der Waals surface area contributed by atoms with Gasteiger partial charge >= 0.3 is 5.97 Å². The van der Waals surface area contributed by atoms with E-state index in [9.17, 15) is 4.79 Å². The van der Waals surface area contributed by atoms with Gasteiger partial charge in [-0.05, 0) is 24.3 Å². The number of aromatic nitrogens is 4. The van der Waals surface area contributed by atoms with Crippen molar-refractivity contribution in [2.45, 2.75) is 6.54 Å². The molecule has 0 aliphatic rings. The van der Waals surface area contributed by atoms with E-state index in [0.29, 0.717) is 11.6 Å². The van der Waals surface area contributed by atoms with Crippen LogP contribution in [0.15, 0.2) is 30.5 Å². The molecular weight excluding hydrogens is 306 g/mol. The molecule has 0 unspecified atom stereocenters. The lowest BCUT2D eigenvalue weighted by molar-refractivity contribution is 0.0690. The van der Waals surface area contributed by atoms with Gasteiger partial charge < -0.3 is 15.0 Å². The monoisotopic (exact) mass is 317 g/mol. The molecule has 0 amide bonds. The summed E-state index contributed by atoms with van der Waals surface area (Å²) < 4.78 is 1.93. The molecule has 112 valence electrons. The van der Waals surface area contributed by atoms with Crippen LogP contribution in [-0.4, -0.2) is 30.6 Å². The number of aryl methyl sites for hydroxylation is 1. The number of nitrogens with one attached hydrogen (secondary N) is 1. The molecule has 0 atom stereocenters. The van der Waals surface area contributed by atoms with Crippen LogP contribution in [0.3, 0.4) is 0 Å². The molecule has 2 heterocycles. The van der Waals surface area contributed by atoms with Gasteiger partial charge in [-0.2, -0.15) is 0 Å². The minimum Gasteiger partial charge on any atom is -0.477 e. The summed E-state index contributed by atoms with van der Waals surface area (Å²) in [6.45, 7) is 0.367. The van der Waals surface area contributed by atoms with Crippen molar-refractivity contribution in [3.8, 4) is 0 Å². The number of carboxylic acids is 1. The predicted molar refractivity (Wildman–Crippen MR) is 82.0 cm³/mol. The Hall–Kier alpha value is -2.67. The molecule has 7 nitrogen and oxygen atoms in total. The number of hydrogen-bond donors (Lipinski definition) is 2. The third kappa shape index (κ3) is 2.71. The largest absolute Gasteiger partial charge is 0.477 e. The third-order valence-corrected chi connectivity index (χ3v) is 3.45. The van der Waals surface area contributed by atoms with Crippen LogP contribution in [-0.2, 0) is 13.6 Å². The summed E-state index contributed by atoms with van der Waals surface area (Å²) in [4.78, 5) is 23.3. The fourth-order valence-corrected chi connectivity index (χ4v) is 2.27. The maximum absolute atomic E-state index is 10.9. The van der Waals surface area contributed by atoms with Crippen molar-refractivity contribution in [1.82, 2.24) is 19.5 Å². The van der Waals surface area contributed by atoms with Crippen molar-refractivity contribution in [3.05, 3.63) is 47.0 Å². The number of carbonyl (C=O) groups is 1. The zero-order valence-corrected chi connectivity index (χ0v) is 12.4. The lowest BCUT2D eigenvalue weighted by atomic mass is 10.3. The molecule has 0 bridgehead atoms. The second-order valence-corrected chi connectivity index (χ2v) is 5.08. The average molecular weight is 318 g/mol. The highest BCUT2D eigenvalue weighted by Gasteiger charge is 2.10. The van der Waals surface area contributed by atoms with Crippen LogP contribution in [0, 0.1) is 0 Å². The van der Waals surface area contributed by atoms with Crippen molar-refractivity contribution in [3.63, 3.8) is 0 Å². The lowest BCUT2D eigenvalue weighted by Crippen LogP contribution is -2.10. The van der Waals surface area contributed by atoms with E-state index in [4.69, 9.17) is 16.7 Å². The van der Waals surface area contributed by atoms with Crippen molar-refractivity contribution >= 4 is 34.6 Å². The molecule has 22 heavy (non-hydrogen) atoms. The number of hydrogen-bond acceptors (Lipinski definition) is 5. The van der Waals surface area contributed by atoms with Crippen molar-refractivity contribution in [2.24, 2.45) is 7.05 Å². The van der Waals surface area contributed by atoms with Gasteiger partial charge in [-0.25, -0.2) is 19.7 Å². The van der Waals surface area contributed by atoms with Gasteiger partial charge in [-0.3, -0.25) is 0 Å². The number of rotatable bonds is 4. The van der Waals surface area contributed by atoms with Gasteiger partial charge in [0.2, 0.25) is 5.95 Å². The number of benzene rings is 1. The Morgan fingerprint density at radius 3 is 2.95 bits per heavy atom. The van der Waals surface area contributed by atoms with Gasteiger partial charge in [0.1, 0.15) is 5.82 Å². The fraction of sp³-hybridized carbons (Fsp3) is 0.143. The smallest absolute Gasteiger partial charge is 0.354 e. The first kappa shape index (κ1) is 14.3. The van der Waals surface area contributed by atoms with Gasteiger partial charge in [-0.15, -0.1) is 0 Å². The maximum atomic E-state index is 10.9. The second kappa shape index (κ2) is 5.61.